The Bertz CT molecular complexity index is 694. The van der Waals surface area contributed by atoms with Gasteiger partial charge in [-0.25, -0.2) is 4.98 Å². The fraction of sp³-hybridized carbons (Fsp3) is 0.438. The highest BCUT2D eigenvalue weighted by molar-refractivity contribution is 7.22. The van der Waals surface area contributed by atoms with Crippen molar-refractivity contribution in [3.8, 4) is 5.75 Å². The number of carbonyl (C=O) groups excluding carboxylic acids is 2. The Hall–Kier alpha value is -2.15. The van der Waals surface area contributed by atoms with Crippen LogP contribution >= 0.6 is 11.3 Å². The topological polar surface area (TPSA) is 77.5 Å². The van der Waals surface area contributed by atoms with Crippen molar-refractivity contribution in [1.82, 2.24) is 4.98 Å². The highest BCUT2D eigenvalue weighted by Crippen LogP contribution is 2.29. The molecule has 0 saturated carbocycles. The van der Waals surface area contributed by atoms with E-state index in [0.717, 1.165) is 16.0 Å². The number of aromatic nitrogens is 1. The maximum atomic E-state index is 11.9. The fourth-order valence-corrected chi connectivity index (χ4v) is 3.03. The molecule has 23 heavy (non-hydrogen) atoms. The summed E-state index contributed by atoms with van der Waals surface area (Å²) in [5.74, 6) is -0.148. The minimum atomic E-state index is -0.393. The Kier molecular flexibility index (Phi) is 5.92. The predicted octanol–water partition coefficient (Wildman–Crippen LogP) is 3.22. The third-order valence-electron chi connectivity index (χ3n) is 3.51. The summed E-state index contributed by atoms with van der Waals surface area (Å²) in [6.45, 7) is 3.55. The van der Waals surface area contributed by atoms with Gasteiger partial charge in [0.05, 0.1) is 23.2 Å². The first kappa shape index (κ1) is 17.2. The smallest absolute Gasteiger partial charge is 0.309 e. The molecule has 0 fully saturated rings. The minimum absolute atomic E-state index is 0.155. The first-order chi connectivity index (χ1) is 11.1. The van der Waals surface area contributed by atoms with Crippen LogP contribution in [0.3, 0.4) is 0 Å². The molecule has 7 heteroatoms. The molecule has 1 heterocycles. The third kappa shape index (κ3) is 4.41. The van der Waals surface area contributed by atoms with Crippen LogP contribution < -0.4 is 10.1 Å². The molecule has 0 aliphatic heterocycles. The number of esters is 1. The number of nitrogens with zero attached hydrogens (tertiary/aromatic N) is 1. The number of fused-ring (bicyclic) bond motifs is 1. The van der Waals surface area contributed by atoms with Gasteiger partial charge in [0.25, 0.3) is 5.91 Å². The highest BCUT2D eigenvalue weighted by Gasteiger charge is 2.17. The average molecular weight is 336 g/mol. The molecule has 1 aromatic heterocycles. The number of methoxy groups -OCH3 is 1. The van der Waals surface area contributed by atoms with Gasteiger partial charge in [0.2, 0.25) is 0 Å². The van der Waals surface area contributed by atoms with E-state index in [2.05, 4.69) is 10.3 Å². The van der Waals surface area contributed by atoms with Gasteiger partial charge in [0, 0.05) is 0 Å². The first-order valence-electron chi connectivity index (χ1n) is 7.48. The normalized spacial score (nSPS) is 10.8. The Morgan fingerprint density at radius 3 is 2.70 bits per heavy atom. The Balaban J connectivity index is 1.94. The summed E-state index contributed by atoms with van der Waals surface area (Å²) in [5, 5.41) is 3.12. The van der Waals surface area contributed by atoms with E-state index < -0.39 is 5.91 Å². The molecule has 2 aromatic rings. The average Bonchev–Trinajstić information content (AvgIpc) is 2.95. The summed E-state index contributed by atoms with van der Waals surface area (Å²) in [4.78, 5) is 27.9. The second kappa shape index (κ2) is 7.92. The first-order valence-corrected chi connectivity index (χ1v) is 8.30. The van der Waals surface area contributed by atoms with Gasteiger partial charge in [-0.15, -0.1) is 0 Å². The number of nitrogens with one attached hydrogen (secondary N) is 1. The quantitative estimate of drug-likeness (QED) is 0.786. The molecule has 1 N–H and O–H groups in total. The van der Waals surface area contributed by atoms with E-state index in [9.17, 15) is 9.59 Å². The monoisotopic (exact) mass is 336 g/mol. The predicted molar refractivity (Wildman–Crippen MR) is 89.8 cm³/mol. The second-order valence-corrected chi connectivity index (χ2v) is 6.05. The molecular weight excluding hydrogens is 316 g/mol. The summed E-state index contributed by atoms with van der Waals surface area (Å²) < 4.78 is 11.1. The highest BCUT2D eigenvalue weighted by atomic mass is 32.1. The van der Waals surface area contributed by atoms with E-state index in [1.54, 1.807) is 7.11 Å². The van der Waals surface area contributed by atoms with Crippen LogP contribution in [0.15, 0.2) is 18.2 Å². The van der Waals surface area contributed by atoms with Crippen molar-refractivity contribution in [2.75, 3.05) is 19.0 Å². The molecule has 0 atom stereocenters. The number of carbonyl (C=O) groups is 2. The number of hydrogen-bond donors (Lipinski definition) is 1. The molecule has 0 aliphatic rings. The number of benzene rings is 1. The van der Waals surface area contributed by atoms with E-state index in [0.29, 0.717) is 18.0 Å². The number of anilines is 1. The number of hydrogen-bond acceptors (Lipinski definition) is 6. The molecule has 6 nitrogen and oxygen atoms in total. The van der Waals surface area contributed by atoms with E-state index in [4.69, 9.17) is 9.47 Å². The van der Waals surface area contributed by atoms with Crippen LogP contribution in [-0.2, 0) is 14.3 Å². The fourth-order valence-electron chi connectivity index (χ4n) is 2.12. The van der Waals surface area contributed by atoms with Gasteiger partial charge >= 0.3 is 5.97 Å². The maximum absolute atomic E-state index is 11.9. The standard InChI is InChI=1S/C16H20N2O4S/c1-4-10(5-2)15(20)22-9-14(19)18-16-17-12-7-6-11(21-3)8-13(12)23-16/h6-8,10H,4-5,9H2,1-3H3,(H,17,18,19). The van der Waals surface area contributed by atoms with Crippen LogP contribution in [-0.4, -0.2) is 30.6 Å². The zero-order valence-electron chi connectivity index (χ0n) is 13.4. The number of amides is 1. The molecule has 0 bridgehead atoms. The molecule has 0 spiro atoms. The van der Waals surface area contributed by atoms with E-state index in [1.807, 2.05) is 32.0 Å². The van der Waals surface area contributed by atoms with Gasteiger partial charge in [-0.05, 0) is 31.0 Å². The molecule has 124 valence electrons. The molecule has 0 unspecified atom stereocenters. The van der Waals surface area contributed by atoms with Gasteiger partial charge in [-0.1, -0.05) is 25.2 Å². The third-order valence-corrected chi connectivity index (χ3v) is 4.44. The van der Waals surface area contributed by atoms with Crippen LogP contribution in [0.25, 0.3) is 10.2 Å². The van der Waals surface area contributed by atoms with Gasteiger partial charge in [-0.2, -0.15) is 0 Å². The Morgan fingerprint density at radius 2 is 2.04 bits per heavy atom. The summed E-state index contributed by atoms with van der Waals surface area (Å²) in [6, 6.07) is 5.49. The zero-order valence-corrected chi connectivity index (χ0v) is 14.2. The summed E-state index contributed by atoms with van der Waals surface area (Å²) in [6.07, 6.45) is 1.41. The molecular formula is C16H20N2O4S. The molecule has 0 saturated heterocycles. The Morgan fingerprint density at radius 1 is 1.30 bits per heavy atom. The second-order valence-electron chi connectivity index (χ2n) is 5.02. The van der Waals surface area contributed by atoms with E-state index in [-0.39, 0.29) is 18.5 Å². The van der Waals surface area contributed by atoms with Crippen molar-refractivity contribution in [2.45, 2.75) is 26.7 Å². The molecule has 2 rings (SSSR count). The van der Waals surface area contributed by atoms with E-state index >= 15 is 0 Å². The number of rotatable bonds is 7. The lowest BCUT2D eigenvalue weighted by Crippen LogP contribution is -2.24. The lowest BCUT2D eigenvalue weighted by Gasteiger charge is -2.11. The van der Waals surface area contributed by atoms with Crippen LogP contribution in [0, 0.1) is 5.92 Å². The lowest BCUT2D eigenvalue weighted by molar-refractivity contribution is -0.151. The van der Waals surface area contributed by atoms with Crippen molar-refractivity contribution < 1.29 is 19.1 Å². The largest absolute Gasteiger partial charge is 0.497 e. The lowest BCUT2D eigenvalue weighted by atomic mass is 10.0. The SMILES string of the molecule is CCC(CC)C(=O)OCC(=O)Nc1nc2ccc(OC)cc2s1. The van der Waals surface area contributed by atoms with Crippen molar-refractivity contribution in [1.29, 1.82) is 0 Å². The number of thiazole rings is 1. The van der Waals surface area contributed by atoms with Gasteiger partial charge in [0.15, 0.2) is 11.7 Å². The van der Waals surface area contributed by atoms with Crippen LogP contribution in [0.4, 0.5) is 5.13 Å². The summed E-state index contributed by atoms with van der Waals surface area (Å²) in [7, 11) is 1.60. The van der Waals surface area contributed by atoms with E-state index in [1.165, 1.54) is 11.3 Å². The minimum Gasteiger partial charge on any atom is -0.497 e. The zero-order chi connectivity index (χ0) is 16.8. The molecule has 0 radical (unpaired) electrons. The molecule has 0 aliphatic carbocycles. The van der Waals surface area contributed by atoms with Crippen molar-refractivity contribution in [3.63, 3.8) is 0 Å². The van der Waals surface area contributed by atoms with Crippen LogP contribution in [0.2, 0.25) is 0 Å². The molecule has 1 amide bonds. The van der Waals surface area contributed by atoms with Gasteiger partial charge < -0.3 is 9.47 Å². The van der Waals surface area contributed by atoms with Crippen LogP contribution in [0.5, 0.6) is 5.75 Å². The van der Waals surface area contributed by atoms with Crippen LogP contribution in [0.1, 0.15) is 26.7 Å². The van der Waals surface area contributed by atoms with Crippen molar-refractivity contribution in [3.05, 3.63) is 18.2 Å². The van der Waals surface area contributed by atoms with Gasteiger partial charge in [0.1, 0.15) is 5.75 Å². The van der Waals surface area contributed by atoms with Crippen molar-refractivity contribution in [2.24, 2.45) is 5.92 Å². The molecule has 1 aromatic carbocycles. The summed E-state index contributed by atoms with van der Waals surface area (Å²) >= 11 is 1.34. The van der Waals surface area contributed by atoms with Gasteiger partial charge in [-0.3, -0.25) is 14.9 Å². The number of ether oxygens (including phenoxy) is 2. The van der Waals surface area contributed by atoms with Crippen molar-refractivity contribution >= 4 is 38.6 Å². The Labute approximate surface area is 138 Å². The summed E-state index contributed by atoms with van der Waals surface area (Å²) in [5.41, 5.74) is 0.778. The maximum Gasteiger partial charge on any atom is 0.309 e.